The Hall–Kier alpha value is -3.27. The molecule has 4 heteroatoms. The maximum Gasteiger partial charge on any atom is 0.148 e. The number of rotatable bonds is 4. The maximum atomic E-state index is 11.4. The smallest absolute Gasteiger partial charge is 0.148 e. The molecule has 25 heavy (non-hydrogen) atoms. The average Bonchev–Trinajstić information content (AvgIpc) is 2.69. The number of nitrogens with zero attached hydrogens (tertiary/aromatic N) is 2. The summed E-state index contributed by atoms with van der Waals surface area (Å²) in [5, 5.41) is 4.47. The van der Waals surface area contributed by atoms with E-state index in [0.717, 1.165) is 34.3 Å². The summed E-state index contributed by atoms with van der Waals surface area (Å²) < 4.78 is 0. The molecule has 0 radical (unpaired) electrons. The monoisotopic (exact) mass is 327 g/mol. The van der Waals surface area contributed by atoms with Gasteiger partial charge in [0.2, 0.25) is 0 Å². The van der Waals surface area contributed by atoms with Crippen molar-refractivity contribution in [3.63, 3.8) is 0 Å². The minimum absolute atomic E-state index is 0.405. The summed E-state index contributed by atoms with van der Waals surface area (Å²) in [6.07, 6.45) is 5.21. The molecule has 1 aliphatic rings. The van der Waals surface area contributed by atoms with Crippen LogP contribution in [0.2, 0.25) is 0 Å². The van der Waals surface area contributed by atoms with Crippen LogP contribution in [0.3, 0.4) is 0 Å². The number of hydrazone groups is 1. The van der Waals surface area contributed by atoms with Crippen LogP contribution in [0.4, 0.5) is 0 Å². The standard InChI is InChI=1S/C21H17N3O/c25-14-21-18-9-8-16(17-7-4-10-22-13-17)12-19(18)20(23-24-21)11-15-5-2-1-3-6-15/h1-10,12-14,21,24H,11H2. The number of pyridine rings is 1. The highest BCUT2D eigenvalue weighted by Gasteiger charge is 2.23. The quantitative estimate of drug-likeness (QED) is 0.746. The predicted molar refractivity (Wildman–Crippen MR) is 98.3 cm³/mol. The predicted octanol–water partition coefficient (Wildman–Crippen LogP) is 3.54. The van der Waals surface area contributed by atoms with Gasteiger partial charge in [-0.25, -0.2) is 0 Å². The Balaban J connectivity index is 1.77. The van der Waals surface area contributed by atoms with Gasteiger partial charge in [0.25, 0.3) is 0 Å². The fraction of sp³-hybridized carbons (Fsp3) is 0.0952. The molecule has 0 saturated carbocycles. The van der Waals surface area contributed by atoms with Crippen molar-refractivity contribution in [1.82, 2.24) is 10.4 Å². The van der Waals surface area contributed by atoms with Crippen LogP contribution in [-0.2, 0) is 11.2 Å². The van der Waals surface area contributed by atoms with E-state index in [1.807, 2.05) is 48.7 Å². The van der Waals surface area contributed by atoms with Crippen molar-refractivity contribution in [2.75, 3.05) is 0 Å². The van der Waals surface area contributed by atoms with Crippen molar-refractivity contribution in [2.45, 2.75) is 12.5 Å². The van der Waals surface area contributed by atoms with Gasteiger partial charge in [0, 0.05) is 29.9 Å². The van der Waals surface area contributed by atoms with E-state index in [1.54, 1.807) is 6.20 Å². The summed E-state index contributed by atoms with van der Waals surface area (Å²) in [5.74, 6) is 0. The molecule has 0 fully saturated rings. The zero-order valence-electron chi connectivity index (χ0n) is 13.6. The highest BCUT2D eigenvalue weighted by Crippen LogP contribution is 2.28. The van der Waals surface area contributed by atoms with Crippen LogP contribution in [0.5, 0.6) is 0 Å². The summed E-state index contributed by atoms with van der Waals surface area (Å²) >= 11 is 0. The van der Waals surface area contributed by atoms with Crippen molar-refractivity contribution in [3.05, 3.63) is 89.7 Å². The second kappa shape index (κ2) is 6.69. The van der Waals surface area contributed by atoms with Gasteiger partial charge in [-0.1, -0.05) is 48.5 Å². The molecule has 2 heterocycles. The molecule has 1 atom stereocenters. The number of carbonyl (C=O) groups is 1. The van der Waals surface area contributed by atoms with Gasteiger partial charge in [0.1, 0.15) is 12.3 Å². The number of fused-ring (bicyclic) bond motifs is 1. The van der Waals surface area contributed by atoms with E-state index in [1.165, 1.54) is 5.56 Å². The third-order valence-corrected chi connectivity index (χ3v) is 4.38. The van der Waals surface area contributed by atoms with Crippen LogP contribution in [0, 0.1) is 0 Å². The van der Waals surface area contributed by atoms with Crippen LogP contribution in [0.25, 0.3) is 11.1 Å². The Morgan fingerprint density at radius 3 is 2.64 bits per heavy atom. The van der Waals surface area contributed by atoms with E-state index in [2.05, 4.69) is 33.7 Å². The van der Waals surface area contributed by atoms with Gasteiger partial charge < -0.3 is 4.79 Å². The summed E-state index contributed by atoms with van der Waals surface area (Å²) in [5.41, 5.74) is 9.17. The lowest BCUT2D eigenvalue weighted by Crippen LogP contribution is -2.28. The topological polar surface area (TPSA) is 54.4 Å². The Kier molecular flexibility index (Phi) is 4.09. The van der Waals surface area contributed by atoms with Crippen molar-refractivity contribution >= 4 is 12.0 Å². The number of hydrogen-bond donors (Lipinski definition) is 1. The lowest BCUT2D eigenvalue weighted by atomic mass is 9.90. The molecule has 1 aromatic heterocycles. The second-order valence-electron chi connectivity index (χ2n) is 6.01. The molecule has 3 aromatic rings. The van der Waals surface area contributed by atoms with Gasteiger partial charge in [-0.2, -0.15) is 5.10 Å². The van der Waals surface area contributed by atoms with E-state index >= 15 is 0 Å². The molecule has 1 aliphatic heterocycles. The molecule has 0 spiro atoms. The third-order valence-electron chi connectivity index (χ3n) is 4.38. The highest BCUT2D eigenvalue weighted by molar-refractivity contribution is 6.05. The first-order chi connectivity index (χ1) is 12.3. The molecular weight excluding hydrogens is 310 g/mol. The van der Waals surface area contributed by atoms with Crippen molar-refractivity contribution < 1.29 is 4.79 Å². The van der Waals surface area contributed by atoms with Gasteiger partial charge in [-0.3, -0.25) is 10.4 Å². The Labute approximate surface area is 146 Å². The fourth-order valence-electron chi connectivity index (χ4n) is 3.10. The Morgan fingerprint density at radius 2 is 1.88 bits per heavy atom. The lowest BCUT2D eigenvalue weighted by Gasteiger charge is -2.23. The summed E-state index contributed by atoms with van der Waals surface area (Å²) in [7, 11) is 0. The van der Waals surface area contributed by atoms with Gasteiger partial charge in [-0.15, -0.1) is 0 Å². The molecule has 2 aromatic carbocycles. The fourth-order valence-corrected chi connectivity index (χ4v) is 3.10. The summed E-state index contributed by atoms with van der Waals surface area (Å²) in [6, 6.07) is 19.9. The third kappa shape index (κ3) is 3.06. The minimum atomic E-state index is -0.405. The first-order valence-corrected chi connectivity index (χ1v) is 8.21. The Bertz CT molecular complexity index is 920. The van der Waals surface area contributed by atoms with E-state index in [9.17, 15) is 4.79 Å². The van der Waals surface area contributed by atoms with Crippen LogP contribution in [0.1, 0.15) is 22.7 Å². The number of benzene rings is 2. The van der Waals surface area contributed by atoms with E-state index in [0.29, 0.717) is 6.42 Å². The minimum Gasteiger partial charge on any atom is -0.301 e. The largest absolute Gasteiger partial charge is 0.301 e. The SMILES string of the molecule is O=CC1NN=C(Cc2ccccc2)c2cc(-c3cccnc3)ccc21. The highest BCUT2D eigenvalue weighted by atomic mass is 16.1. The van der Waals surface area contributed by atoms with Crippen molar-refractivity contribution in [2.24, 2.45) is 5.10 Å². The number of aldehydes is 1. The molecular formula is C21H17N3O. The van der Waals surface area contributed by atoms with Crippen molar-refractivity contribution in [3.8, 4) is 11.1 Å². The van der Waals surface area contributed by atoms with E-state index < -0.39 is 6.04 Å². The van der Waals surface area contributed by atoms with Gasteiger partial charge in [0.05, 0.1) is 5.71 Å². The maximum absolute atomic E-state index is 11.4. The van der Waals surface area contributed by atoms with Gasteiger partial charge in [0.15, 0.2) is 0 Å². The number of aromatic nitrogens is 1. The molecule has 0 bridgehead atoms. The van der Waals surface area contributed by atoms with Crippen LogP contribution in [0.15, 0.2) is 78.2 Å². The average molecular weight is 327 g/mol. The van der Waals surface area contributed by atoms with E-state index in [-0.39, 0.29) is 0 Å². The molecule has 4 nitrogen and oxygen atoms in total. The molecule has 0 aliphatic carbocycles. The number of carbonyl (C=O) groups excluding carboxylic acids is 1. The second-order valence-corrected chi connectivity index (χ2v) is 6.01. The van der Waals surface area contributed by atoms with E-state index in [4.69, 9.17) is 0 Å². The number of nitrogens with one attached hydrogen (secondary N) is 1. The van der Waals surface area contributed by atoms with Crippen LogP contribution in [-0.4, -0.2) is 17.0 Å². The zero-order valence-corrected chi connectivity index (χ0v) is 13.6. The van der Waals surface area contributed by atoms with Crippen LogP contribution < -0.4 is 5.43 Å². The zero-order chi connectivity index (χ0) is 17.1. The molecule has 4 rings (SSSR count). The van der Waals surface area contributed by atoms with Crippen LogP contribution >= 0.6 is 0 Å². The number of hydrogen-bond acceptors (Lipinski definition) is 4. The van der Waals surface area contributed by atoms with Crippen molar-refractivity contribution in [1.29, 1.82) is 0 Å². The van der Waals surface area contributed by atoms with Gasteiger partial charge >= 0.3 is 0 Å². The summed E-state index contributed by atoms with van der Waals surface area (Å²) in [6.45, 7) is 0. The first kappa shape index (κ1) is 15.3. The first-order valence-electron chi connectivity index (χ1n) is 8.21. The lowest BCUT2D eigenvalue weighted by molar-refractivity contribution is -0.109. The molecule has 122 valence electrons. The molecule has 0 amide bonds. The summed E-state index contributed by atoms with van der Waals surface area (Å²) in [4.78, 5) is 15.6. The normalized spacial score (nSPS) is 15.7. The van der Waals surface area contributed by atoms with Gasteiger partial charge in [-0.05, 0) is 28.8 Å². The Morgan fingerprint density at radius 1 is 1.00 bits per heavy atom. The molecule has 0 saturated heterocycles. The molecule has 1 N–H and O–H groups in total. The molecule has 1 unspecified atom stereocenters.